The van der Waals surface area contributed by atoms with E-state index < -0.39 is 29.3 Å². The van der Waals surface area contributed by atoms with Gasteiger partial charge in [0.15, 0.2) is 5.78 Å². The van der Waals surface area contributed by atoms with Gasteiger partial charge in [0, 0.05) is 0 Å². The molecule has 1 saturated carbocycles. The molecule has 0 radical (unpaired) electrons. The summed E-state index contributed by atoms with van der Waals surface area (Å²) in [7, 11) is 1.26. The van der Waals surface area contributed by atoms with Crippen molar-refractivity contribution >= 4 is 17.5 Å². The second kappa shape index (κ2) is 8.24. The molecule has 6 heteroatoms. The van der Waals surface area contributed by atoms with Gasteiger partial charge in [-0.3, -0.25) is 9.59 Å². The lowest BCUT2D eigenvalue weighted by molar-refractivity contribution is -0.161. The Hall–Kier alpha value is -1.69. The zero-order chi connectivity index (χ0) is 17.6. The number of carbonyl (C=O) groups is 2. The van der Waals surface area contributed by atoms with Crippen molar-refractivity contribution in [3.05, 3.63) is 12.7 Å². The third-order valence-corrected chi connectivity index (χ3v) is 4.17. The highest BCUT2D eigenvalue weighted by Crippen LogP contribution is 2.42. The second-order valence-corrected chi connectivity index (χ2v) is 6.51. The van der Waals surface area contributed by atoms with E-state index in [0.717, 1.165) is 6.42 Å². The number of ketones is 1. The minimum absolute atomic E-state index is 0.218. The fourth-order valence-electron chi connectivity index (χ4n) is 3.16. The minimum atomic E-state index is -0.914. The molecule has 0 aromatic carbocycles. The van der Waals surface area contributed by atoms with Crippen LogP contribution < -0.4 is 0 Å². The summed E-state index contributed by atoms with van der Waals surface area (Å²) in [6.07, 6.45) is 2.23. The number of hydrogen-bond acceptors (Lipinski definition) is 6. The van der Waals surface area contributed by atoms with Crippen LogP contribution in [0.5, 0.6) is 0 Å². The van der Waals surface area contributed by atoms with E-state index in [1.54, 1.807) is 19.9 Å². The van der Waals surface area contributed by atoms with Gasteiger partial charge in [0.2, 0.25) is 0 Å². The molecule has 3 atom stereocenters. The number of esters is 1. The largest absolute Gasteiger partial charge is 0.468 e. The maximum Gasteiger partial charge on any atom is 0.316 e. The first-order valence-corrected chi connectivity index (χ1v) is 7.89. The molecule has 1 rings (SSSR count). The first kappa shape index (κ1) is 19.4. The Kier molecular flexibility index (Phi) is 6.94. The fraction of sp³-hybridized carbons (Fsp3) is 0.706. The number of nitrogens with zero attached hydrogens (tertiary/aromatic N) is 1. The zero-order valence-corrected chi connectivity index (χ0v) is 14.4. The van der Waals surface area contributed by atoms with Crippen molar-refractivity contribution in [3.8, 4) is 0 Å². The molecule has 0 aromatic heterocycles. The summed E-state index contributed by atoms with van der Waals surface area (Å²) in [5.41, 5.74) is -0.199. The maximum absolute atomic E-state index is 12.9. The standard InChI is InChI=1S/C17H27NO5/c1-6-8-11(18-23-9-7-2)13-12(19)10-17(3,4)14(15(13)20)16(21)22-5/h7,12-14,19H,2,6,8-10H2,1,3-5H3/b18-11+. The number of ether oxygens (including phenoxy) is 1. The van der Waals surface area contributed by atoms with Gasteiger partial charge in [-0.15, -0.1) is 0 Å². The maximum atomic E-state index is 12.9. The fourth-order valence-corrected chi connectivity index (χ4v) is 3.16. The predicted octanol–water partition coefficient (Wildman–Crippen LogP) is 2.11. The molecule has 0 saturated heterocycles. The zero-order valence-electron chi connectivity index (χ0n) is 14.4. The van der Waals surface area contributed by atoms with Crippen molar-refractivity contribution in [1.82, 2.24) is 0 Å². The monoisotopic (exact) mass is 325 g/mol. The molecule has 130 valence electrons. The third kappa shape index (κ3) is 4.41. The van der Waals surface area contributed by atoms with Gasteiger partial charge in [0.25, 0.3) is 0 Å². The van der Waals surface area contributed by atoms with E-state index >= 15 is 0 Å². The Labute approximate surface area is 137 Å². The Morgan fingerprint density at radius 3 is 2.70 bits per heavy atom. The Bertz CT molecular complexity index is 483. The van der Waals surface area contributed by atoms with Gasteiger partial charge in [-0.2, -0.15) is 0 Å². The molecular weight excluding hydrogens is 298 g/mol. The summed E-state index contributed by atoms with van der Waals surface area (Å²) >= 11 is 0. The SMILES string of the molecule is C=CCO/N=C(\CCC)C1C(=O)C(C(=O)OC)C(C)(C)CC1O. The quantitative estimate of drug-likeness (QED) is 0.193. The van der Waals surface area contributed by atoms with Crippen LogP contribution in [0.25, 0.3) is 0 Å². The number of carbonyl (C=O) groups excluding carboxylic acids is 2. The molecule has 0 heterocycles. The van der Waals surface area contributed by atoms with E-state index in [-0.39, 0.29) is 12.4 Å². The van der Waals surface area contributed by atoms with Gasteiger partial charge < -0.3 is 14.7 Å². The van der Waals surface area contributed by atoms with Crippen molar-refractivity contribution in [2.45, 2.75) is 46.1 Å². The van der Waals surface area contributed by atoms with Crippen LogP contribution in [0.1, 0.15) is 40.0 Å². The summed E-state index contributed by atoms with van der Waals surface area (Å²) in [4.78, 5) is 30.1. The number of hydrogen-bond donors (Lipinski definition) is 1. The molecule has 1 aliphatic rings. The Morgan fingerprint density at radius 1 is 1.52 bits per heavy atom. The molecule has 0 bridgehead atoms. The van der Waals surface area contributed by atoms with Crippen LogP contribution in [0.4, 0.5) is 0 Å². The highest BCUT2D eigenvalue weighted by molar-refractivity contribution is 6.13. The van der Waals surface area contributed by atoms with Gasteiger partial charge in [0.1, 0.15) is 12.5 Å². The summed E-state index contributed by atoms with van der Waals surface area (Å²) < 4.78 is 4.79. The number of Topliss-reactive ketones (excluding diaryl/α,β-unsaturated/α-hetero) is 1. The molecule has 0 spiro atoms. The van der Waals surface area contributed by atoms with E-state index in [4.69, 9.17) is 9.57 Å². The molecule has 1 aliphatic carbocycles. The van der Waals surface area contributed by atoms with Crippen LogP contribution in [-0.2, 0) is 19.2 Å². The topological polar surface area (TPSA) is 85.2 Å². The number of oxime groups is 1. The number of methoxy groups -OCH3 is 1. The smallest absolute Gasteiger partial charge is 0.316 e. The van der Waals surface area contributed by atoms with Gasteiger partial charge >= 0.3 is 5.97 Å². The Morgan fingerprint density at radius 2 is 2.17 bits per heavy atom. The Balaban J connectivity index is 3.16. The summed E-state index contributed by atoms with van der Waals surface area (Å²) in [6.45, 7) is 9.28. The molecule has 1 N–H and O–H groups in total. The summed E-state index contributed by atoms with van der Waals surface area (Å²) in [5.74, 6) is -2.67. The van der Waals surface area contributed by atoms with Crippen molar-refractivity contribution in [2.75, 3.05) is 13.7 Å². The van der Waals surface area contributed by atoms with Crippen LogP contribution in [0.3, 0.4) is 0 Å². The van der Waals surface area contributed by atoms with Gasteiger partial charge in [-0.05, 0) is 18.3 Å². The molecule has 0 amide bonds. The van der Waals surface area contributed by atoms with Crippen LogP contribution in [0.2, 0.25) is 0 Å². The minimum Gasteiger partial charge on any atom is -0.468 e. The average Bonchev–Trinajstić information content (AvgIpc) is 2.45. The molecule has 0 aromatic rings. The second-order valence-electron chi connectivity index (χ2n) is 6.51. The average molecular weight is 325 g/mol. The van der Waals surface area contributed by atoms with E-state index in [1.807, 2.05) is 6.92 Å². The van der Waals surface area contributed by atoms with Crippen molar-refractivity contribution < 1.29 is 24.3 Å². The number of rotatable bonds is 7. The van der Waals surface area contributed by atoms with Gasteiger partial charge in [0.05, 0.1) is 24.8 Å². The van der Waals surface area contributed by atoms with Crippen molar-refractivity contribution in [2.24, 2.45) is 22.4 Å². The summed E-state index contributed by atoms with van der Waals surface area (Å²) in [6, 6.07) is 0. The first-order chi connectivity index (χ1) is 10.8. The van der Waals surface area contributed by atoms with E-state index in [0.29, 0.717) is 18.6 Å². The predicted molar refractivity (Wildman–Crippen MR) is 86.9 cm³/mol. The van der Waals surface area contributed by atoms with E-state index in [9.17, 15) is 14.7 Å². The summed E-state index contributed by atoms with van der Waals surface area (Å²) in [5, 5.41) is 14.5. The highest BCUT2D eigenvalue weighted by atomic mass is 16.6. The first-order valence-electron chi connectivity index (χ1n) is 7.89. The molecule has 1 fully saturated rings. The highest BCUT2D eigenvalue weighted by Gasteiger charge is 2.53. The number of aliphatic hydroxyl groups is 1. The van der Waals surface area contributed by atoms with Crippen LogP contribution in [0, 0.1) is 17.3 Å². The number of aliphatic hydroxyl groups excluding tert-OH is 1. The van der Waals surface area contributed by atoms with Crippen LogP contribution >= 0.6 is 0 Å². The lowest BCUT2D eigenvalue weighted by Crippen LogP contribution is -2.53. The molecular formula is C17H27NO5. The molecule has 23 heavy (non-hydrogen) atoms. The van der Waals surface area contributed by atoms with Crippen LogP contribution in [0.15, 0.2) is 17.8 Å². The van der Waals surface area contributed by atoms with Crippen molar-refractivity contribution in [3.63, 3.8) is 0 Å². The molecule has 3 unspecified atom stereocenters. The third-order valence-electron chi connectivity index (χ3n) is 4.17. The lowest BCUT2D eigenvalue weighted by Gasteiger charge is -2.42. The van der Waals surface area contributed by atoms with Crippen LogP contribution in [-0.4, -0.2) is 42.4 Å². The molecule has 0 aliphatic heterocycles. The van der Waals surface area contributed by atoms with E-state index in [2.05, 4.69) is 11.7 Å². The normalized spacial score (nSPS) is 27.4. The molecule has 6 nitrogen and oxygen atoms in total. The van der Waals surface area contributed by atoms with E-state index in [1.165, 1.54) is 7.11 Å². The van der Waals surface area contributed by atoms with Crippen molar-refractivity contribution in [1.29, 1.82) is 0 Å². The van der Waals surface area contributed by atoms with Gasteiger partial charge in [-0.25, -0.2) is 0 Å². The lowest BCUT2D eigenvalue weighted by atomic mass is 9.62. The van der Waals surface area contributed by atoms with Gasteiger partial charge in [-0.1, -0.05) is 45.0 Å².